The van der Waals surface area contributed by atoms with Crippen molar-refractivity contribution in [2.75, 3.05) is 42.7 Å². The lowest BCUT2D eigenvalue weighted by molar-refractivity contribution is 0.120. The second kappa shape index (κ2) is 14.0. The molecule has 2 aliphatic rings. The molecular formula is C23H43NO7Si2. The maximum absolute atomic E-state index is 6.12. The van der Waals surface area contributed by atoms with E-state index in [0.29, 0.717) is 18.3 Å². The van der Waals surface area contributed by atoms with Crippen LogP contribution in [0.3, 0.4) is 0 Å². The highest BCUT2D eigenvalue weighted by atomic mass is 28.4. The molecule has 1 heterocycles. The molecule has 190 valence electrons. The summed E-state index contributed by atoms with van der Waals surface area (Å²) in [5, 5.41) is 0. The van der Waals surface area contributed by atoms with Crippen LogP contribution in [0.1, 0.15) is 43.7 Å². The Morgan fingerprint density at radius 3 is 1.88 bits per heavy atom. The average molecular weight is 502 g/mol. The van der Waals surface area contributed by atoms with Crippen molar-refractivity contribution in [2.24, 2.45) is 11.7 Å². The summed E-state index contributed by atoms with van der Waals surface area (Å²) in [6.45, 7) is 0. The van der Waals surface area contributed by atoms with Crippen molar-refractivity contribution >= 4 is 17.6 Å². The maximum atomic E-state index is 6.12. The molecule has 1 saturated heterocycles. The van der Waals surface area contributed by atoms with Crippen LogP contribution in [0.5, 0.6) is 0 Å². The lowest BCUT2D eigenvalue weighted by Gasteiger charge is -2.27. The Balaban J connectivity index is 0.000000234. The number of epoxide rings is 1. The van der Waals surface area contributed by atoms with Crippen LogP contribution in [0, 0.1) is 5.92 Å². The van der Waals surface area contributed by atoms with E-state index >= 15 is 0 Å². The van der Waals surface area contributed by atoms with Gasteiger partial charge in [-0.3, -0.25) is 0 Å². The Morgan fingerprint density at radius 1 is 0.818 bits per heavy atom. The van der Waals surface area contributed by atoms with E-state index < -0.39 is 17.6 Å². The summed E-state index contributed by atoms with van der Waals surface area (Å²) in [5.74, 6) is 0.760. The maximum Gasteiger partial charge on any atom is 0.500 e. The monoisotopic (exact) mass is 501 g/mol. The van der Waals surface area contributed by atoms with Crippen LogP contribution < -0.4 is 5.73 Å². The van der Waals surface area contributed by atoms with Crippen LogP contribution in [0.4, 0.5) is 0 Å². The first-order valence-corrected chi connectivity index (χ1v) is 15.5. The normalized spacial score (nSPS) is 23.3. The van der Waals surface area contributed by atoms with Crippen molar-refractivity contribution in [1.82, 2.24) is 0 Å². The van der Waals surface area contributed by atoms with Gasteiger partial charge in [0.1, 0.15) is 0 Å². The molecule has 0 amide bonds. The molecule has 8 nitrogen and oxygen atoms in total. The molecule has 1 aliphatic heterocycles. The molecule has 1 saturated carbocycles. The number of benzene rings is 1. The van der Waals surface area contributed by atoms with E-state index in [0.717, 1.165) is 30.4 Å². The van der Waals surface area contributed by atoms with Crippen molar-refractivity contribution in [3.05, 3.63) is 35.9 Å². The van der Waals surface area contributed by atoms with E-state index in [1.54, 1.807) is 42.7 Å². The lowest BCUT2D eigenvalue weighted by Crippen LogP contribution is -2.43. The molecule has 1 aromatic rings. The van der Waals surface area contributed by atoms with Gasteiger partial charge in [0.15, 0.2) is 0 Å². The van der Waals surface area contributed by atoms with Crippen LogP contribution in [-0.2, 0) is 31.3 Å². The molecule has 3 rings (SSSR count). The Morgan fingerprint density at radius 2 is 1.36 bits per heavy atom. The van der Waals surface area contributed by atoms with Gasteiger partial charge in [-0.15, -0.1) is 0 Å². The fourth-order valence-electron chi connectivity index (χ4n) is 4.44. The quantitative estimate of drug-likeness (QED) is 0.322. The second-order valence-corrected chi connectivity index (χ2v) is 14.8. The van der Waals surface area contributed by atoms with Crippen molar-refractivity contribution in [3.63, 3.8) is 0 Å². The van der Waals surface area contributed by atoms with Crippen LogP contribution >= 0.6 is 0 Å². The van der Waals surface area contributed by atoms with E-state index in [-0.39, 0.29) is 6.04 Å². The summed E-state index contributed by atoms with van der Waals surface area (Å²) in [7, 11) is 5.05. The summed E-state index contributed by atoms with van der Waals surface area (Å²) < 4.78 is 37.9. The largest absolute Gasteiger partial charge is 0.500 e. The molecule has 33 heavy (non-hydrogen) atoms. The molecule has 2 fully saturated rings. The fraction of sp³-hybridized carbons (Fsp3) is 0.739. The Labute approximate surface area is 201 Å². The van der Waals surface area contributed by atoms with Crippen molar-refractivity contribution < 1.29 is 31.3 Å². The van der Waals surface area contributed by atoms with Gasteiger partial charge in [0.05, 0.1) is 12.2 Å². The topological polar surface area (TPSA) is 93.9 Å². The first-order valence-electron chi connectivity index (χ1n) is 11.7. The molecule has 0 radical (unpaired) electrons. The molecule has 0 aromatic heterocycles. The standard InChI is InChI=1S/C12H21NO3Si.C11H22O4Si/c1-14-17(15-2,16-3)10-9-12(13)11-7-5-4-6-8-11;1-12-16(13-2,14-3)7-6-9-4-5-10-11(8-9)15-10/h4-8,12H,9-10,13H2,1-3H3;9-11H,4-8H2,1-3H3. The van der Waals surface area contributed by atoms with Crippen LogP contribution in [0.15, 0.2) is 30.3 Å². The number of fused-ring (bicyclic) bond motifs is 1. The summed E-state index contributed by atoms with van der Waals surface area (Å²) in [5.41, 5.74) is 7.25. The second-order valence-electron chi connectivity index (χ2n) is 8.58. The van der Waals surface area contributed by atoms with Gasteiger partial charge in [0.2, 0.25) is 0 Å². The van der Waals surface area contributed by atoms with Crippen LogP contribution in [-0.4, -0.2) is 72.5 Å². The lowest BCUT2D eigenvalue weighted by atomic mass is 9.88. The molecule has 0 spiro atoms. The number of hydrogen-bond donors (Lipinski definition) is 1. The third-order valence-corrected chi connectivity index (χ3v) is 12.4. The summed E-state index contributed by atoms with van der Waals surface area (Å²) in [6.07, 6.45) is 6.79. The predicted octanol–water partition coefficient (Wildman–Crippen LogP) is 3.78. The van der Waals surface area contributed by atoms with E-state index in [1.165, 1.54) is 19.3 Å². The zero-order valence-electron chi connectivity index (χ0n) is 21.1. The number of hydrogen-bond acceptors (Lipinski definition) is 8. The van der Waals surface area contributed by atoms with Gasteiger partial charge in [0.25, 0.3) is 0 Å². The zero-order chi connectivity index (χ0) is 24.3. The molecule has 0 bridgehead atoms. The highest BCUT2D eigenvalue weighted by Crippen LogP contribution is 2.41. The van der Waals surface area contributed by atoms with Gasteiger partial charge < -0.3 is 37.0 Å². The molecule has 4 unspecified atom stereocenters. The number of rotatable bonds is 13. The third-order valence-electron chi connectivity index (χ3n) is 6.83. The van der Waals surface area contributed by atoms with Crippen LogP contribution in [0.25, 0.3) is 0 Å². The molecule has 1 aromatic carbocycles. The minimum Gasteiger partial charge on any atom is -0.377 e. The summed E-state index contributed by atoms with van der Waals surface area (Å²) in [4.78, 5) is 0. The molecule has 2 N–H and O–H groups in total. The van der Waals surface area contributed by atoms with E-state index in [2.05, 4.69) is 0 Å². The molecular weight excluding hydrogens is 458 g/mol. The SMILES string of the molecule is CO[Si](CCC(N)c1ccccc1)(OC)OC.CO[Si](CCC1CCC2OC2C1)(OC)OC. The zero-order valence-corrected chi connectivity index (χ0v) is 23.1. The van der Waals surface area contributed by atoms with E-state index in [4.69, 9.17) is 37.0 Å². The van der Waals surface area contributed by atoms with Gasteiger partial charge in [-0.05, 0) is 43.6 Å². The fourth-order valence-corrected chi connectivity index (χ4v) is 8.09. The summed E-state index contributed by atoms with van der Waals surface area (Å²) >= 11 is 0. The highest BCUT2D eigenvalue weighted by Gasteiger charge is 2.45. The number of nitrogens with two attached hydrogens (primary N) is 1. The van der Waals surface area contributed by atoms with E-state index in [9.17, 15) is 0 Å². The number of ether oxygens (including phenoxy) is 1. The highest BCUT2D eigenvalue weighted by molar-refractivity contribution is 6.60. The van der Waals surface area contributed by atoms with Gasteiger partial charge >= 0.3 is 17.6 Å². The van der Waals surface area contributed by atoms with E-state index in [1.807, 2.05) is 30.3 Å². The Bertz CT molecular complexity index is 645. The molecule has 4 atom stereocenters. The van der Waals surface area contributed by atoms with Crippen molar-refractivity contribution in [2.45, 2.75) is 62.4 Å². The van der Waals surface area contributed by atoms with Gasteiger partial charge in [0, 0.05) is 60.8 Å². The first kappa shape index (κ1) is 28.6. The third kappa shape index (κ3) is 8.50. The Kier molecular flexibility index (Phi) is 12.1. The van der Waals surface area contributed by atoms with Gasteiger partial charge in [-0.25, -0.2) is 0 Å². The average Bonchev–Trinajstić information content (AvgIpc) is 3.66. The minimum absolute atomic E-state index is 0.0106. The molecule has 10 heteroatoms. The minimum atomic E-state index is -2.49. The van der Waals surface area contributed by atoms with Crippen LogP contribution in [0.2, 0.25) is 12.1 Å². The Hall–Kier alpha value is -0.666. The first-order chi connectivity index (χ1) is 15.9. The molecule has 1 aliphatic carbocycles. The smallest absolute Gasteiger partial charge is 0.377 e. The van der Waals surface area contributed by atoms with Gasteiger partial charge in [-0.1, -0.05) is 30.3 Å². The predicted molar refractivity (Wildman–Crippen MR) is 132 cm³/mol. The van der Waals surface area contributed by atoms with Gasteiger partial charge in [-0.2, -0.15) is 0 Å². The van der Waals surface area contributed by atoms with Crippen molar-refractivity contribution in [3.8, 4) is 0 Å². The summed E-state index contributed by atoms with van der Waals surface area (Å²) in [6, 6.07) is 11.6. The van der Waals surface area contributed by atoms with Crippen molar-refractivity contribution in [1.29, 1.82) is 0 Å².